The molecule has 122 valence electrons. The normalized spacial score (nSPS) is 15.5. The Kier molecular flexibility index (Phi) is 4.71. The Balaban J connectivity index is 1.64. The molecule has 1 aromatic heterocycles. The van der Waals surface area contributed by atoms with E-state index in [0.717, 1.165) is 28.7 Å². The highest BCUT2D eigenvalue weighted by atomic mass is 32.1. The van der Waals surface area contributed by atoms with Gasteiger partial charge < -0.3 is 15.5 Å². The zero-order valence-electron chi connectivity index (χ0n) is 12.6. The molecule has 1 aliphatic rings. The average Bonchev–Trinajstić information content (AvgIpc) is 2.84. The lowest BCUT2D eigenvalue weighted by Gasteiger charge is -2.19. The zero-order chi connectivity index (χ0) is 16.2. The number of hydrogen-bond donors (Lipinski definition) is 1. The molecule has 1 aromatic carbocycles. The molecule has 0 unspecified atom stereocenters. The number of nitrogens with zero attached hydrogens (tertiary/aromatic N) is 4. The van der Waals surface area contributed by atoms with Crippen LogP contribution in [0.4, 0.5) is 14.3 Å². The van der Waals surface area contributed by atoms with Gasteiger partial charge in [0.1, 0.15) is 10.8 Å². The first-order valence-electron chi connectivity index (χ1n) is 7.48. The van der Waals surface area contributed by atoms with E-state index < -0.39 is 0 Å². The molecule has 0 spiro atoms. The van der Waals surface area contributed by atoms with Gasteiger partial charge >= 0.3 is 6.03 Å². The van der Waals surface area contributed by atoms with Gasteiger partial charge in [-0.25, -0.2) is 9.18 Å². The van der Waals surface area contributed by atoms with Crippen LogP contribution in [0.2, 0.25) is 0 Å². The number of benzene rings is 1. The molecule has 1 fully saturated rings. The highest BCUT2D eigenvalue weighted by molar-refractivity contribution is 7.15. The number of hydrogen-bond acceptors (Lipinski definition) is 5. The molecule has 23 heavy (non-hydrogen) atoms. The molecule has 2 amide bonds. The van der Waals surface area contributed by atoms with Crippen LogP contribution in [0.25, 0.3) is 0 Å². The van der Waals surface area contributed by atoms with Crippen molar-refractivity contribution in [2.45, 2.75) is 12.8 Å². The standard InChI is InChI=1S/C15H18FN5OS/c16-12-4-2-11(3-5-12)10-13-18-19-15(23-13)21-7-1-6-20(8-9-21)14(17)22/h2-5H,1,6-10H2,(H2,17,22). The fraction of sp³-hybridized carbons (Fsp3) is 0.400. The molecule has 8 heteroatoms. The number of carbonyl (C=O) groups excluding carboxylic acids is 1. The molecular formula is C15H18FN5OS. The van der Waals surface area contributed by atoms with E-state index in [9.17, 15) is 9.18 Å². The molecule has 1 aliphatic heterocycles. The number of rotatable bonds is 3. The Morgan fingerprint density at radius 1 is 1.17 bits per heavy atom. The third-order valence-corrected chi connectivity index (χ3v) is 4.79. The second-order valence-electron chi connectivity index (χ2n) is 5.45. The fourth-order valence-corrected chi connectivity index (χ4v) is 3.47. The lowest BCUT2D eigenvalue weighted by Crippen LogP contribution is -2.38. The van der Waals surface area contributed by atoms with E-state index in [1.165, 1.54) is 23.5 Å². The number of urea groups is 1. The summed E-state index contributed by atoms with van der Waals surface area (Å²) < 4.78 is 12.9. The van der Waals surface area contributed by atoms with Gasteiger partial charge in [0.25, 0.3) is 0 Å². The third kappa shape index (κ3) is 3.95. The summed E-state index contributed by atoms with van der Waals surface area (Å²) in [5, 5.41) is 10.2. The van der Waals surface area contributed by atoms with Crippen LogP contribution in [0, 0.1) is 5.82 Å². The number of carbonyl (C=O) groups is 1. The first kappa shape index (κ1) is 15.7. The molecule has 0 saturated carbocycles. The lowest BCUT2D eigenvalue weighted by atomic mass is 10.2. The van der Waals surface area contributed by atoms with Gasteiger partial charge in [-0.1, -0.05) is 23.5 Å². The first-order chi connectivity index (χ1) is 11.1. The van der Waals surface area contributed by atoms with Crippen LogP contribution in [-0.4, -0.2) is 47.3 Å². The average molecular weight is 335 g/mol. The predicted octanol–water partition coefficient (Wildman–Crippen LogP) is 1.86. The van der Waals surface area contributed by atoms with Crippen molar-refractivity contribution in [1.82, 2.24) is 15.1 Å². The number of halogens is 1. The van der Waals surface area contributed by atoms with Gasteiger partial charge in [-0.15, -0.1) is 10.2 Å². The van der Waals surface area contributed by atoms with Crippen molar-refractivity contribution in [2.24, 2.45) is 5.73 Å². The summed E-state index contributed by atoms with van der Waals surface area (Å²) >= 11 is 1.53. The summed E-state index contributed by atoms with van der Waals surface area (Å²) in [5.41, 5.74) is 6.34. The monoisotopic (exact) mass is 335 g/mol. The number of amides is 2. The van der Waals surface area contributed by atoms with Crippen LogP contribution in [0.15, 0.2) is 24.3 Å². The van der Waals surface area contributed by atoms with Crippen molar-refractivity contribution in [3.63, 3.8) is 0 Å². The van der Waals surface area contributed by atoms with Crippen molar-refractivity contribution in [1.29, 1.82) is 0 Å². The minimum absolute atomic E-state index is 0.240. The highest BCUT2D eigenvalue weighted by Gasteiger charge is 2.19. The van der Waals surface area contributed by atoms with Gasteiger partial charge in [0.2, 0.25) is 5.13 Å². The molecule has 0 atom stereocenters. The van der Waals surface area contributed by atoms with Crippen LogP contribution >= 0.6 is 11.3 Å². The topological polar surface area (TPSA) is 75.4 Å². The maximum absolute atomic E-state index is 12.9. The van der Waals surface area contributed by atoms with Gasteiger partial charge in [0.05, 0.1) is 0 Å². The number of nitrogens with two attached hydrogens (primary N) is 1. The Hall–Kier alpha value is -2.22. The Labute approximate surface area is 137 Å². The van der Waals surface area contributed by atoms with E-state index in [-0.39, 0.29) is 11.8 Å². The molecule has 2 heterocycles. The molecule has 0 bridgehead atoms. The van der Waals surface area contributed by atoms with Crippen molar-refractivity contribution in [3.05, 3.63) is 40.7 Å². The lowest BCUT2D eigenvalue weighted by molar-refractivity contribution is 0.211. The summed E-state index contributed by atoms with van der Waals surface area (Å²) in [7, 11) is 0. The van der Waals surface area contributed by atoms with Crippen LogP contribution in [-0.2, 0) is 6.42 Å². The highest BCUT2D eigenvalue weighted by Crippen LogP contribution is 2.23. The van der Waals surface area contributed by atoms with E-state index >= 15 is 0 Å². The molecule has 1 saturated heterocycles. The van der Waals surface area contributed by atoms with E-state index in [0.29, 0.717) is 26.1 Å². The van der Waals surface area contributed by atoms with Crippen molar-refractivity contribution in [2.75, 3.05) is 31.1 Å². The Morgan fingerprint density at radius 2 is 1.96 bits per heavy atom. The van der Waals surface area contributed by atoms with Crippen LogP contribution in [0.1, 0.15) is 17.0 Å². The zero-order valence-corrected chi connectivity index (χ0v) is 13.4. The minimum Gasteiger partial charge on any atom is -0.351 e. The molecule has 2 N–H and O–H groups in total. The number of primary amides is 1. The SMILES string of the molecule is NC(=O)N1CCCN(c2nnc(Cc3ccc(F)cc3)s2)CC1. The van der Waals surface area contributed by atoms with Crippen LogP contribution < -0.4 is 10.6 Å². The molecular weight excluding hydrogens is 317 g/mol. The summed E-state index contributed by atoms with van der Waals surface area (Å²) in [4.78, 5) is 15.0. The first-order valence-corrected chi connectivity index (χ1v) is 8.29. The number of aromatic nitrogens is 2. The van der Waals surface area contributed by atoms with E-state index in [4.69, 9.17) is 5.73 Å². The molecule has 6 nitrogen and oxygen atoms in total. The number of anilines is 1. The third-order valence-electron chi connectivity index (χ3n) is 3.80. The van der Waals surface area contributed by atoms with Gasteiger partial charge in [-0.05, 0) is 24.1 Å². The Bertz CT molecular complexity index is 675. The molecule has 0 aliphatic carbocycles. The molecule has 3 rings (SSSR count). The predicted molar refractivity (Wildman–Crippen MR) is 87.1 cm³/mol. The largest absolute Gasteiger partial charge is 0.351 e. The Morgan fingerprint density at radius 3 is 2.70 bits per heavy atom. The van der Waals surface area contributed by atoms with E-state index in [1.807, 2.05) is 0 Å². The summed E-state index contributed by atoms with van der Waals surface area (Å²) in [5.74, 6) is -0.240. The maximum Gasteiger partial charge on any atom is 0.314 e. The minimum atomic E-state index is -0.374. The van der Waals surface area contributed by atoms with Gasteiger partial charge in [-0.2, -0.15) is 0 Å². The van der Waals surface area contributed by atoms with E-state index in [2.05, 4.69) is 15.1 Å². The van der Waals surface area contributed by atoms with E-state index in [1.54, 1.807) is 17.0 Å². The van der Waals surface area contributed by atoms with Crippen molar-refractivity contribution < 1.29 is 9.18 Å². The van der Waals surface area contributed by atoms with Gasteiger partial charge in [0.15, 0.2) is 0 Å². The fourth-order valence-electron chi connectivity index (χ4n) is 2.55. The van der Waals surface area contributed by atoms with Crippen LogP contribution in [0.5, 0.6) is 0 Å². The van der Waals surface area contributed by atoms with Gasteiger partial charge in [-0.3, -0.25) is 0 Å². The smallest absolute Gasteiger partial charge is 0.314 e. The molecule has 0 radical (unpaired) electrons. The maximum atomic E-state index is 12.9. The quantitative estimate of drug-likeness (QED) is 0.929. The van der Waals surface area contributed by atoms with Crippen molar-refractivity contribution in [3.8, 4) is 0 Å². The second kappa shape index (κ2) is 6.91. The van der Waals surface area contributed by atoms with Crippen molar-refractivity contribution >= 4 is 22.5 Å². The second-order valence-corrected chi connectivity index (χ2v) is 6.49. The van der Waals surface area contributed by atoms with Crippen LogP contribution in [0.3, 0.4) is 0 Å². The summed E-state index contributed by atoms with van der Waals surface area (Å²) in [6.07, 6.45) is 1.50. The summed E-state index contributed by atoms with van der Waals surface area (Å²) in [6, 6.07) is 6.04. The van der Waals surface area contributed by atoms with Gasteiger partial charge in [0, 0.05) is 32.6 Å². The summed E-state index contributed by atoms with van der Waals surface area (Å²) in [6.45, 7) is 2.80. The molecule has 2 aromatic rings.